The third kappa shape index (κ3) is 4.55. The van der Waals surface area contributed by atoms with Crippen LogP contribution in [0.25, 0.3) is 11.3 Å². The van der Waals surface area contributed by atoms with E-state index in [1.165, 1.54) is 8.99 Å². The molecular formula is C25H33N3O5S. The molecule has 8 nitrogen and oxygen atoms in total. The SMILES string of the molecule is CCOC(=O)[C@@H]1CCCN(S(=O)(=O)c2cc(-c3nn(C)c(=O)c4c3CCCC4)ccc2CC)C1. The van der Waals surface area contributed by atoms with Crippen molar-refractivity contribution in [2.75, 3.05) is 19.7 Å². The van der Waals surface area contributed by atoms with Crippen molar-refractivity contribution in [1.29, 1.82) is 0 Å². The first kappa shape index (κ1) is 24.6. The minimum Gasteiger partial charge on any atom is -0.466 e. The Morgan fingerprint density at radius 3 is 2.59 bits per heavy atom. The molecular weight excluding hydrogens is 454 g/mol. The second kappa shape index (κ2) is 10.00. The fourth-order valence-electron chi connectivity index (χ4n) is 5.07. The van der Waals surface area contributed by atoms with E-state index in [0.717, 1.165) is 42.4 Å². The number of hydrogen-bond donors (Lipinski definition) is 0. The van der Waals surface area contributed by atoms with E-state index in [0.29, 0.717) is 37.1 Å². The molecule has 1 aromatic carbocycles. The molecule has 34 heavy (non-hydrogen) atoms. The molecule has 0 unspecified atom stereocenters. The number of carbonyl (C=O) groups excluding carboxylic acids is 1. The minimum atomic E-state index is -3.83. The lowest BCUT2D eigenvalue weighted by Gasteiger charge is -2.31. The average Bonchev–Trinajstić information content (AvgIpc) is 2.86. The molecule has 1 aliphatic heterocycles. The van der Waals surface area contributed by atoms with Crippen LogP contribution in [-0.4, -0.2) is 48.2 Å². The van der Waals surface area contributed by atoms with Crippen LogP contribution in [-0.2, 0) is 45.9 Å². The highest BCUT2D eigenvalue weighted by molar-refractivity contribution is 7.89. The Hall–Kier alpha value is -2.52. The zero-order chi connectivity index (χ0) is 24.5. The van der Waals surface area contributed by atoms with E-state index in [9.17, 15) is 18.0 Å². The van der Waals surface area contributed by atoms with Gasteiger partial charge in [-0.2, -0.15) is 9.40 Å². The van der Waals surface area contributed by atoms with Crippen molar-refractivity contribution < 1.29 is 17.9 Å². The number of rotatable bonds is 6. The Labute approximate surface area is 201 Å². The maximum absolute atomic E-state index is 13.8. The molecule has 0 radical (unpaired) electrons. The summed E-state index contributed by atoms with van der Waals surface area (Å²) in [6.45, 7) is 4.46. The number of hydrogen-bond acceptors (Lipinski definition) is 6. The standard InChI is InChI=1S/C25H33N3O5S/c1-4-17-12-13-18(23-20-10-6-7-11-21(20)24(29)27(3)26-23)15-22(17)34(31,32)28-14-8-9-19(16-28)25(30)33-5-2/h12-13,15,19H,4-11,14,16H2,1-3H3/t19-/m1/s1. The summed E-state index contributed by atoms with van der Waals surface area (Å²) < 4.78 is 35.5. The molecule has 4 rings (SSSR count). The van der Waals surface area contributed by atoms with Crippen molar-refractivity contribution in [3.63, 3.8) is 0 Å². The van der Waals surface area contributed by atoms with Crippen molar-refractivity contribution in [1.82, 2.24) is 14.1 Å². The largest absolute Gasteiger partial charge is 0.466 e. The average molecular weight is 488 g/mol. The Kier molecular flexibility index (Phi) is 7.23. The quantitative estimate of drug-likeness (QED) is 0.581. The molecule has 0 N–H and O–H groups in total. The van der Waals surface area contributed by atoms with Gasteiger partial charge in [0.15, 0.2) is 0 Å². The van der Waals surface area contributed by atoms with Gasteiger partial charge in [0.25, 0.3) is 5.56 Å². The van der Waals surface area contributed by atoms with Crippen LogP contribution < -0.4 is 5.56 Å². The van der Waals surface area contributed by atoms with Gasteiger partial charge in [0, 0.05) is 31.3 Å². The van der Waals surface area contributed by atoms with Crippen LogP contribution in [0, 0.1) is 5.92 Å². The molecule has 0 amide bonds. The van der Waals surface area contributed by atoms with Crippen LogP contribution >= 0.6 is 0 Å². The van der Waals surface area contributed by atoms with Crippen molar-refractivity contribution in [3.05, 3.63) is 45.2 Å². The number of aryl methyl sites for hydroxylation is 2. The van der Waals surface area contributed by atoms with Crippen LogP contribution in [0.5, 0.6) is 0 Å². The summed E-state index contributed by atoms with van der Waals surface area (Å²) >= 11 is 0. The van der Waals surface area contributed by atoms with Crippen molar-refractivity contribution in [2.45, 2.75) is 63.7 Å². The highest BCUT2D eigenvalue weighted by Gasteiger charge is 2.35. The van der Waals surface area contributed by atoms with Gasteiger partial charge < -0.3 is 4.74 Å². The Morgan fingerprint density at radius 1 is 1.15 bits per heavy atom. The molecule has 2 aromatic rings. The fourth-order valence-corrected chi connectivity index (χ4v) is 6.92. The number of nitrogens with zero attached hydrogens (tertiary/aromatic N) is 3. The fraction of sp³-hybridized carbons (Fsp3) is 0.560. The summed E-state index contributed by atoms with van der Waals surface area (Å²) in [6.07, 6.45) is 5.23. The smallest absolute Gasteiger partial charge is 0.310 e. The highest BCUT2D eigenvalue weighted by Crippen LogP contribution is 2.33. The van der Waals surface area contributed by atoms with Gasteiger partial charge in [-0.1, -0.05) is 19.1 Å². The number of sulfonamides is 1. The topological polar surface area (TPSA) is 98.6 Å². The van der Waals surface area contributed by atoms with E-state index in [2.05, 4.69) is 5.10 Å². The van der Waals surface area contributed by atoms with Crippen LogP contribution in [0.15, 0.2) is 27.9 Å². The number of carbonyl (C=O) groups is 1. The monoisotopic (exact) mass is 487 g/mol. The maximum Gasteiger partial charge on any atom is 0.310 e. The van der Waals surface area contributed by atoms with Crippen LogP contribution in [0.4, 0.5) is 0 Å². The third-order valence-corrected chi connectivity index (χ3v) is 8.85. The highest BCUT2D eigenvalue weighted by atomic mass is 32.2. The molecule has 0 saturated carbocycles. The molecule has 1 aliphatic carbocycles. The predicted octanol–water partition coefficient (Wildman–Crippen LogP) is 2.85. The van der Waals surface area contributed by atoms with E-state index in [-0.39, 0.29) is 29.6 Å². The summed E-state index contributed by atoms with van der Waals surface area (Å²) in [7, 11) is -2.19. The van der Waals surface area contributed by atoms with Gasteiger partial charge in [0.1, 0.15) is 0 Å². The maximum atomic E-state index is 13.8. The zero-order valence-corrected chi connectivity index (χ0v) is 21.0. The van der Waals surface area contributed by atoms with Crippen molar-refractivity contribution in [3.8, 4) is 11.3 Å². The summed E-state index contributed by atoms with van der Waals surface area (Å²) in [5, 5.41) is 4.54. The number of esters is 1. The van der Waals surface area contributed by atoms with Crippen molar-refractivity contribution >= 4 is 16.0 Å². The van der Waals surface area contributed by atoms with Gasteiger partial charge in [-0.25, -0.2) is 13.1 Å². The summed E-state index contributed by atoms with van der Waals surface area (Å²) in [6, 6.07) is 5.44. The Bertz CT molecular complexity index is 1250. The first-order valence-corrected chi connectivity index (χ1v) is 13.6. The first-order chi connectivity index (χ1) is 16.3. The van der Waals surface area contributed by atoms with Gasteiger partial charge >= 0.3 is 5.97 Å². The van der Waals surface area contributed by atoms with Crippen LogP contribution in [0.1, 0.15) is 56.2 Å². The normalized spacial score (nSPS) is 19.0. The number of aromatic nitrogens is 2. The number of piperidine rings is 1. The molecule has 0 spiro atoms. The summed E-state index contributed by atoms with van der Waals surface area (Å²) in [5.74, 6) is -0.790. The van der Waals surface area contributed by atoms with E-state index >= 15 is 0 Å². The van der Waals surface area contributed by atoms with Gasteiger partial charge in [0.05, 0.1) is 23.1 Å². The Balaban J connectivity index is 1.76. The van der Waals surface area contributed by atoms with E-state index < -0.39 is 15.9 Å². The number of fused-ring (bicyclic) bond motifs is 1. The molecule has 1 atom stereocenters. The molecule has 2 aliphatic rings. The predicted molar refractivity (Wildman–Crippen MR) is 129 cm³/mol. The number of ether oxygens (including phenoxy) is 1. The molecule has 1 fully saturated rings. The third-order valence-electron chi connectivity index (χ3n) is 6.90. The molecule has 0 bridgehead atoms. The molecule has 2 heterocycles. The molecule has 1 saturated heterocycles. The lowest BCUT2D eigenvalue weighted by Crippen LogP contribution is -2.43. The van der Waals surface area contributed by atoms with E-state index in [4.69, 9.17) is 4.74 Å². The van der Waals surface area contributed by atoms with E-state index in [1.54, 1.807) is 20.0 Å². The Morgan fingerprint density at radius 2 is 1.88 bits per heavy atom. The first-order valence-electron chi connectivity index (χ1n) is 12.2. The summed E-state index contributed by atoms with van der Waals surface area (Å²) in [4.78, 5) is 25.2. The van der Waals surface area contributed by atoms with Gasteiger partial charge in [-0.05, 0) is 69.1 Å². The van der Waals surface area contributed by atoms with E-state index in [1.807, 2.05) is 19.1 Å². The number of benzene rings is 1. The lowest BCUT2D eigenvalue weighted by molar-refractivity contribution is -0.149. The van der Waals surface area contributed by atoms with Crippen LogP contribution in [0.3, 0.4) is 0 Å². The van der Waals surface area contributed by atoms with Gasteiger partial charge in [0.2, 0.25) is 10.0 Å². The van der Waals surface area contributed by atoms with Crippen molar-refractivity contribution in [2.24, 2.45) is 13.0 Å². The van der Waals surface area contributed by atoms with Crippen LogP contribution in [0.2, 0.25) is 0 Å². The van der Waals surface area contributed by atoms with Gasteiger partial charge in [-0.3, -0.25) is 9.59 Å². The molecule has 1 aromatic heterocycles. The van der Waals surface area contributed by atoms with Gasteiger partial charge in [-0.15, -0.1) is 0 Å². The lowest BCUT2D eigenvalue weighted by atomic mass is 9.89. The molecule has 184 valence electrons. The second-order valence-corrected chi connectivity index (χ2v) is 11.0. The zero-order valence-electron chi connectivity index (χ0n) is 20.2. The summed E-state index contributed by atoms with van der Waals surface area (Å²) in [5.41, 5.74) is 3.75. The second-order valence-electron chi connectivity index (χ2n) is 9.07. The molecule has 9 heteroatoms. The minimum absolute atomic E-state index is 0.0743.